The van der Waals surface area contributed by atoms with Crippen molar-refractivity contribution in [2.24, 2.45) is 0 Å². The van der Waals surface area contributed by atoms with Crippen LogP contribution < -0.4 is 29.4 Å². The Balaban J connectivity index is 0.000000239. The lowest BCUT2D eigenvalue weighted by Crippen LogP contribution is -2.24. The van der Waals surface area contributed by atoms with Crippen LogP contribution in [0.1, 0.15) is 50.8 Å². The van der Waals surface area contributed by atoms with Crippen LogP contribution in [-0.2, 0) is 14.3 Å². The molecule has 0 aromatic heterocycles. The average molecular weight is 961 g/mol. The fourth-order valence-electron chi connectivity index (χ4n) is 8.32. The zero-order chi connectivity index (χ0) is 50.5. The van der Waals surface area contributed by atoms with Gasteiger partial charge in [-0.1, -0.05) is 90.5 Å². The van der Waals surface area contributed by atoms with Gasteiger partial charge in [0, 0.05) is 130 Å². The van der Waals surface area contributed by atoms with E-state index in [4.69, 9.17) is 4.18 Å². The van der Waals surface area contributed by atoms with E-state index in [2.05, 4.69) is 198 Å². The molecule has 0 saturated carbocycles. The van der Waals surface area contributed by atoms with Gasteiger partial charge in [0.2, 0.25) is 0 Å². The largest absolute Gasteiger partial charge is 0.395 e. The number of anilines is 6. The molecule has 11 heteroatoms. The standard InChI is InChI=1S/C33H39N3O3S.C26H33N3O/c1-25-7-21-32(22-8-25)40(37,38)39-24-23-36(6)31-19-13-28(14-20-31)33(26-9-15-29(16-10-26)34(2)3)27-11-17-30(18-12-27)35(4)5;1-27(2)23-12-6-20(7-13-23)26(21-8-14-24(15-9-21)28(3)4)22-10-16-25(17-11-22)29(5)18-19-30/h7-22,33H,23-24H2,1-6H3;6-17,26,30H,18-19H2,1-5H3. The van der Waals surface area contributed by atoms with Crippen LogP contribution in [0.25, 0.3) is 0 Å². The highest BCUT2D eigenvalue weighted by atomic mass is 32.2. The van der Waals surface area contributed by atoms with Crippen LogP contribution in [-0.4, -0.2) is 110 Å². The number of benzene rings is 7. The minimum atomic E-state index is -3.78. The molecule has 0 amide bonds. The summed E-state index contributed by atoms with van der Waals surface area (Å²) in [6.07, 6.45) is 0. The van der Waals surface area contributed by atoms with E-state index in [1.165, 1.54) is 44.8 Å². The Morgan fingerprint density at radius 1 is 0.386 bits per heavy atom. The van der Waals surface area contributed by atoms with Crippen LogP contribution >= 0.6 is 0 Å². The van der Waals surface area contributed by atoms with Gasteiger partial charge >= 0.3 is 0 Å². The average Bonchev–Trinajstić information content (AvgIpc) is 3.35. The molecule has 0 unspecified atom stereocenters. The molecule has 0 saturated heterocycles. The van der Waals surface area contributed by atoms with Gasteiger partial charge in [0.05, 0.1) is 18.1 Å². The fraction of sp³-hybridized carbons (Fsp3) is 0.288. The zero-order valence-electron chi connectivity index (χ0n) is 42.9. The van der Waals surface area contributed by atoms with Crippen molar-refractivity contribution in [2.75, 3.05) is 126 Å². The number of hydrogen-bond acceptors (Lipinski definition) is 10. The third-order valence-electron chi connectivity index (χ3n) is 12.7. The molecule has 1 N–H and O–H groups in total. The Kier molecular flexibility index (Phi) is 18.2. The normalized spacial score (nSPS) is 11.2. The summed E-state index contributed by atoms with van der Waals surface area (Å²) in [6, 6.07) is 58.9. The smallest absolute Gasteiger partial charge is 0.297 e. The molecule has 7 rings (SSSR count). The number of rotatable bonds is 19. The van der Waals surface area contributed by atoms with Gasteiger partial charge in [-0.2, -0.15) is 8.42 Å². The highest BCUT2D eigenvalue weighted by Gasteiger charge is 2.20. The molecule has 0 radical (unpaired) electrons. The van der Waals surface area contributed by atoms with Gasteiger partial charge in [-0.25, -0.2) is 0 Å². The maximum atomic E-state index is 12.5. The fourth-order valence-corrected chi connectivity index (χ4v) is 9.22. The monoisotopic (exact) mass is 961 g/mol. The van der Waals surface area contributed by atoms with E-state index in [1.54, 1.807) is 24.3 Å². The van der Waals surface area contributed by atoms with E-state index in [9.17, 15) is 13.5 Å². The molecule has 0 heterocycles. The molecular formula is C59H72N6O4S. The van der Waals surface area contributed by atoms with Crippen LogP contribution in [0.3, 0.4) is 0 Å². The topological polar surface area (TPSA) is 83.0 Å². The van der Waals surface area contributed by atoms with E-state index in [1.807, 2.05) is 54.1 Å². The number of aliphatic hydroxyl groups excluding tert-OH is 1. The van der Waals surface area contributed by atoms with Gasteiger partial charge in [0.25, 0.3) is 10.1 Å². The second-order valence-corrected chi connectivity index (χ2v) is 20.3. The summed E-state index contributed by atoms with van der Waals surface area (Å²) < 4.78 is 30.3. The minimum absolute atomic E-state index is 0.0630. The summed E-state index contributed by atoms with van der Waals surface area (Å²) in [7, 11) is 16.6. The molecule has 7 aromatic carbocycles. The molecule has 0 fully saturated rings. The van der Waals surface area contributed by atoms with E-state index < -0.39 is 10.1 Å². The maximum Gasteiger partial charge on any atom is 0.297 e. The molecule has 70 heavy (non-hydrogen) atoms. The first kappa shape index (κ1) is 52.6. The van der Waals surface area contributed by atoms with Crippen molar-refractivity contribution >= 4 is 44.2 Å². The van der Waals surface area contributed by atoms with Crippen molar-refractivity contribution in [1.29, 1.82) is 0 Å². The highest BCUT2D eigenvalue weighted by molar-refractivity contribution is 7.86. The van der Waals surface area contributed by atoms with E-state index in [0.29, 0.717) is 13.1 Å². The minimum Gasteiger partial charge on any atom is -0.395 e. The lowest BCUT2D eigenvalue weighted by Gasteiger charge is -2.23. The van der Waals surface area contributed by atoms with Crippen LogP contribution in [0.5, 0.6) is 0 Å². The maximum absolute atomic E-state index is 12.5. The van der Waals surface area contributed by atoms with E-state index in [-0.39, 0.29) is 29.9 Å². The van der Waals surface area contributed by atoms with Crippen molar-refractivity contribution in [3.63, 3.8) is 0 Å². The summed E-state index contributed by atoms with van der Waals surface area (Å²) in [4.78, 5) is 12.7. The quantitative estimate of drug-likeness (QED) is 0.0625. The highest BCUT2D eigenvalue weighted by Crippen LogP contribution is 2.36. The van der Waals surface area contributed by atoms with Crippen molar-refractivity contribution in [3.8, 4) is 0 Å². The van der Waals surface area contributed by atoms with Crippen molar-refractivity contribution in [2.45, 2.75) is 23.7 Å². The first-order chi connectivity index (χ1) is 33.4. The second kappa shape index (κ2) is 24.2. The molecule has 7 aromatic rings. The first-order valence-corrected chi connectivity index (χ1v) is 25.1. The molecule has 0 aliphatic carbocycles. The summed E-state index contributed by atoms with van der Waals surface area (Å²) in [5.41, 5.74) is 15.2. The number of nitrogens with zero attached hydrogens (tertiary/aromatic N) is 6. The van der Waals surface area contributed by atoms with Crippen molar-refractivity contribution in [1.82, 2.24) is 0 Å². The molecule has 10 nitrogen and oxygen atoms in total. The van der Waals surface area contributed by atoms with Crippen molar-refractivity contribution < 1.29 is 17.7 Å². The van der Waals surface area contributed by atoms with E-state index in [0.717, 1.165) is 28.3 Å². The number of aryl methyl sites for hydroxylation is 1. The summed E-state index contributed by atoms with van der Waals surface area (Å²) in [5.74, 6) is 0.240. The van der Waals surface area contributed by atoms with Gasteiger partial charge in [-0.3, -0.25) is 4.18 Å². The second-order valence-electron chi connectivity index (χ2n) is 18.6. The molecule has 0 spiro atoms. The van der Waals surface area contributed by atoms with Gasteiger partial charge in [-0.05, 0) is 125 Å². The Labute approximate surface area is 418 Å². The van der Waals surface area contributed by atoms with Gasteiger partial charge in [0.15, 0.2) is 0 Å². The number of hydrogen-bond donors (Lipinski definition) is 1. The summed E-state index contributed by atoms with van der Waals surface area (Å²) >= 11 is 0. The van der Waals surface area contributed by atoms with Crippen LogP contribution in [0, 0.1) is 6.92 Å². The molecule has 0 aliphatic rings. The molecule has 0 atom stereocenters. The van der Waals surface area contributed by atoms with Gasteiger partial charge in [0.1, 0.15) is 0 Å². The third-order valence-corrected chi connectivity index (χ3v) is 14.0. The van der Waals surface area contributed by atoms with E-state index >= 15 is 0 Å². The lowest BCUT2D eigenvalue weighted by atomic mass is 9.85. The summed E-state index contributed by atoms with van der Waals surface area (Å²) in [6.45, 7) is 3.19. The Hall–Kier alpha value is -6.79. The van der Waals surface area contributed by atoms with Crippen LogP contribution in [0.2, 0.25) is 0 Å². The SMILES string of the molecule is CN(C)c1ccc(C(c2ccc(N(C)C)cc2)c2ccc(N(C)CCO)cc2)cc1.Cc1ccc(S(=O)(=O)OCCN(C)c2ccc(C(c3ccc(N(C)C)cc3)c3ccc(N(C)C)cc3)cc2)cc1. The van der Waals surface area contributed by atoms with Gasteiger partial charge in [-0.15, -0.1) is 0 Å². The predicted molar refractivity (Wildman–Crippen MR) is 296 cm³/mol. The zero-order valence-corrected chi connectivity index (χ0v) is 43.7. The molecule has 0 bridgehead atoms. The predicted octanol–water partition coefficient (Wildman–Crippen LogP) is 10.6. The van der Waals surface area contributed by atoms with Crippen LogP contribution in [0.4, 0.5) is 34.1 Å². The third kappa shape index (κ3) is 13.7. The first-order valence-electron chi connectivity index (χ1n) is 23.7. The lowest BCUT2D eigenvalue weighted by molar-refractivity contribution is 0.304. The Morgan fingerprint density at radius 2 is 0.643 bits per heavy atom. The number of aliphatic hydroxyl groups is 1. The molecular weight excluding hydrogens is 889 g/mol. The summed E-state index contributed by atoms with van der Waals surface area (Å²) in [5, 5.41) is 9.21. The van der Waals surface area contributed by atoms with Gasteiger partial charge < -0.3 is 34.5 Å². The molecule has 0 aliphatic heterocycles. The molecule has 368 valence electrons. The van der Waals surface area contributed by atoms with Crippen molar-refractivity contribution in [3.05, 3.63) is 209 Å². The number of likely N-dealkylation sites (N-methyl/N-ethyl adjacent to an activating group) is 2. The Morgan fingerprint density at radius 3 is 0.900 bits per heavy atom. The Bertz CT molecular complexity index is 2680. The van der Waals surface area contributed by atoms with Crippen LogP contribution in [0.15, 0.2) is 175 Å².